The van der Waals surface area contributed by atoms with Crippen molar-refractivity contribution >= 4 is 29.9 Å². The number of hydrogen-bond donors (Lipinski definition) is 2. The maximum atomic E-state index is 5.52. The van der Waals surface area contributed by atoms with E-state index in [1.807, 2.05) is 13.8 Å². The number of aliphatic imine (C=N–C) groups is 1. The van der Waals surface area contributed by atoms with Crippen molar-refractivity contribution in [2.75, 3.05) is 7.05 Å². The van der Waals surface area contributed by atoms with Crippen molar-refractivity contribution in [3.63, 3.8) is 0 Å². The summed E-state index contributed by atoms with van der Waals surface area (Å²) in [5, 5.41) is 6.62. The lowest BCUT2D eigenvalue weighted by Crippen LogP contribution is -2.36. The molecule has 0 aliphatic rings. The fourth-order valence-electron chi connectivity index (χ4n) is 2.27. The van der Waals surface area contributed by atoms with E-state index in [0.29, 0.717) is 6.54 Å². The first-order valence-electron chi connectivity index (χ1n) is 7.14. The summed E-state index contributed by atoms with van der Waals surface area (Å²) in [4.78, 5) is 4.24. The minimum absolute atomic E-state index is 0. The molecule has 1 aromatic carbocycles. The van der Waals surface area contributed by atoms with Crippen molar-refractivity contribution in [3.05, 3.63) is 58.5 Å². The lowest BCUT2D eigenvalue weighted by atomic mass is 10.1. The predicted molar refractivity (Wildman–Crippen MR) is 102 cm³/mol. The highest BCUT2D eigenvalue weighted by Crippen LogP contribution is 2.13. The zero-order valence-corrected chi connectivity index (χ0v) is 15.9. The fourth-order valence-corrected chi connectivity index (χ4v) is 2.27. The van der Waals surface area contributed by atoms with Crippen LogP contribution in [0, 0.1) is 20.8 Å². The third-order valence-electron chi connectivity index (χ3n) is 3.36. The van der Waals surface area contributed by atoms with Crippen molar-refractivity contribution in [1.82, 2.24) is 10.6 Å². The first-order chi connectivity index (χ1) is 10.1. The summed E-state index contributed by atoms with van der Waals surface area (Å²) < 4.78 is 5.52. The van der Waals surface area contributed by atoms with Crippen LogP contribution in [0.25, 0.3) is 0 Å². The number of furan rings is 1. The second-order valence-electron chi connectivity index (χ2n) is 5.21. The molecule has 0 saturated heterocycles. The maximum Gasteiger partial charge on any atom is 0.191 e. The normalized spacial score (nSPS) is 11.0. The lowest BCUT2D eigenvalue weighted by molar-refractivity contribution is 0.500. The SMILES string of the molecule is CN=C(NCc1cccc(C)c1)NCc1cc(C)oc1C.I. The Labute approximate surface area is 149 Å². The smallest absolute Gasteiger partial charge is 0.191 e. The lowest BCUT2D eigenvalue weighted by Gasteiger charge is -2.12. The quantitative estimate of drug-likeness (QED) is 0.457. The molecule has 0 spiro atoms. The van der Waals surface area contributed by atoms with Crippen LogP contribution >= 0.6 is 24.0 Å². The molecule has 0 aliphatic heterocycles. The molecule has 2 N–H and O–H groups in total. The molecule has 5 heteroatoms. The summed E-state index contributed by atoms with van der Waals surface area (Å²) in [5.74, 6) is 2.68. The third kappa shape index (κ3) is 5.36. The van der Waals surface area contributed by atoms with Crippen LogP contribution in [0.2, 0.25) is 0 Å². The molecular formula is C17H24IN3O. The average molecular weight is 413 g/mol. The fraction of sp³-hybridized carbons (Fsp3) is 0.353. The van der Waals surface area contributed by atoms with Gasteiger partial charge in [0, 0.05) is 25.7 Å². The molecule has 4 nitrogen and oxygen atoms in total. The highest BCUT2D eigenvalue weighted by molar-refractivity contribution is 14.0. The Kier molecular flexibility index (Phi) is 7.44. The van der Waals surface area contributed by atoms with Gasteiger partial charge in [0.15, 0.2) is 5.96 Å². The highest BCUT2D eigenvalue weighted by Gasteiger charge is 2.05. The van der Waals surface area contributed by atoms with Crippen molar-refractivity contribution in [2.45, 2.75) is 33.9 Å². The summed E-state index contributed by atoms with van der Waals surface area (Å²) in [7, 11) is 1.78. The zero-order valence-electron chi connectivity index (χ0n) is 13.6. The Morgan fingerprint density at radius 2 is 1.82 bits per heavy atom. The van der Waals surface area contributed by atoms with Crippen LogP contribution in [-0.2, 0) is 13.1 Å². The summed E-state index contributed by atoms with van der Waals surface area (Å²) in [5.41, 5.74) is 3.67. The number of nitrogens with one attached hydrogen (secondary N) is 2. The second-order valence-corrected chi connectivity index (χ2v) is 5.21. The van der Waals surface area contributed by atoms with E-state index in [-0.39, 0.29) is 24.0 Å². The van der Waals surface area contributed by atoms with Crippen molar-refractivity contribution < 1.29 is 4.42 Å². The Bertz CT molecular complexity index is 635. The van der Waals surface area contributed by atoms with Crippen LogP contribution < -0.4 is 10.6 Å². The van der Waals surface area contributed by atoms with Gasteiger partial charge in [-0.2, -0.15) is 0 Å². The zero-order chi connectivity index (χ0) is 15.2. The predicted octanol–water partition coefficient (Wildman–Crippen LogP) is 3.69. The van der Waals surface area contributed by atoms with E-state index in [0.717, 1.165) is 29.6 Å². The molecule has 0 bridgehead atoms. The van der Waals surface area contributed by atoms with Gasteiger partial charge in [-0.1, -0.05) is 29.8 Å². The van der Waals surface area contributed by atoms with E-state index in [1.165, 1.54) is 11.1 Å². The van der Waals surface area contributed by atoms with Crippen LogP contribution in [0.4, 0.5) is 0 Å². The minimum Gasteiger partial charge on any atom is -0.466 e. The van der Waals surface area contributed by atoms with Gasteiger partial charge in [0.2, 0.25) is 0 Å². The second kappa shape index (κ2) is 8.82. The summed E-state index contributed by atoms with van der Waals surface area (Å²) >= 11 is 0. The summed E-state index contributed by atoms with van der Waals surface area (Å²) in [6.07, 6.45) is 0. The van der Waals surface area contributed by atoms with Gasteiger partial charge in [-0.15, -0.1) is 24.0 Å². The Morgan fingerprint density at radius 1 is 1.09 bits per heavy atom. The van der Waals surface area contributed by atoms with Gasteiger partial charge in [0.1, 0.15) is 11.5 Å². The van der Waals surface area contributed by atoms with E-state index in [9.17, 15) is 0 Å². The Hall–Kier alpha value is -1.50. The number of guanidine groups is 1. The monoisotopic (exact) mass is 413 g/mol. The molecule has 1 heterocycles. The standard InChI is InChI=1S/C17H23N3O.HI/c1-12-6-5-7-15(8-12)10-19-17(18-4)20-11-16-9-13(2)21-14(16)3;/h5-9H,10-11H2,1-4H3,(H2,18,19,20);1H. The Morgan fingerprint density at radius 3 is 2.41 bits per heavy atom. The number of halogens is 1. The number of rotatable bonds is 4. The third-order valence-corrected chi connectivity index (χ3v) is 3.36. The van der Waals surface area contributed by atoms with E-state index >= 15 is 0 Å². The molecule has 0 unspecified atom stereocenters. The van der Waals surface area contributed by atoms with E-state index in [2.05, 4.69) is 52.9 Å². The molecule has 22 heavy (non-hydrogen) atoms. The number of benzene rings is 1. The Balaban J connectivity index is 0.00000242. The van der Waals surface area contributed by atoms with Crippen molar-refractivity contribution in [2.24, 2.45) is 4.99 Å². The van der Waals surface area contributed by atoms with Gasteiger partial charge in [0.05, 0.1) is 0 Å². The van der Waals surface area contributed by atoms with Gasteiger partial charge < -0.3 is 15.1 Å². The molecule has 0 radical (unpaired) electrons. The number of hydrogen-bond acceptors (Lipinski definition) is 2. The first kappa shape index (κ1) is 18.5. The van der Waals surface area contributed by atoms with Crippen LogP contribution in [0.1, 0.15) is 28.2 Å². The van der Waals surface area contributed by atoms with Gasteiger partial charge >= 0.3 is 0 Å². The molecule has 0 amide bonds. The molecule has 0 atom stereocenters. The van der Waals surface area contributed by atoms with Gasteiger partial charge in [-0.25, -0.2) is 0 Å². The first-order valence-corrected chi connectivity index (χ1v) is 7.14. The highest BCUT2D eigenvalue weighted by atomic mass is 127. The molecule has 1 aromatic heterocycles. The van der Waals surface area contributed by atoms with Crippen LogP contribution in [0.3, 0.4) is 0 Å². The molecule has 0 saturated carbocycles. The number of aryl methyl sites for hydroxylation is 3. The molecule has 0 aliphatic carbocycles. The molecule has 120 valence electrons. The van der Waals surface area contributed by atoms with Gasteiger partial charge in [0.25, 0.3) is 0 Å². The van der Waals surface area contributed by atoms with Crippen LogP contribution in [-0.4, -0.2) is 13.0 Å². The number of nitrogens with zero attached hydrogens (tertiary/aromatic N) is 1. The minimum atomic E-state index is 0. The maximum absolute atomic E-state index is 5.52. The van der Waals surface area contributed by atoms with Crippen LogP contribution in [0.15, 0.2) is 39.7 Å². The summed E-state index contributed by atoms with van der Waals surface area (Å²) in [6, 6.07) is 10.5. The molecule has 2 aromatic rings. The van der Waals surface area contributed by atoms with E-state index in [1.54, 1.807) is 7.05 Å². The van der Waals surface area contributed by atoms with Crippen molar-refractivity contribution in [3.8, 4) is 0 Å². The largest absolute Gasteiger partial charge is 0.466 e. The van der Waals surface area contributed by atoms with Crippen molar-refractivity contribution in [1.29, 1.82) is 0 Å². The molecule has 2 rings (SSSR count). The summed E-state index contributed by atoms with van der Waals surface area (Å²) in [6.45, 7) is 7.50. The topological polar surface area (TPSA) is 49.6 Å². The van der Waals surface area contributed by atoms with Gasteiger partial charge in [-0.05, 0) is 32.4 Å². The van der Waals surface area contributed by atoms with E-state index in [4.69, 9.17) is 4.42 Å². The van der Waals surface area contributed by atoms with E-state index < -0.39 is 0 Å². The van der Waals surface area contributed by atoms with Crippen LogP contribution in [0.5, 0.6) is 0 Å². The average Bonchev–Trinajstić information content (AvgIpc) is 2.77. The molecular weight excluding hydrogens is 389 g/mol. The van der Waals surface area contributed by atoms with Gasteiger partial charge in [-0.3, -0.25) is 4.99 Å². The molecule has 0 fully saturated rings.